The van der Waals surface area contributed by atoms with Gasteiger partial charge in [-0.05, 0) is 42.8 Å². The molecule has 0 saturated heterocycles. The highest BCUT2D eigenvalue weighted by molar-refractivity contribution is 7.80. The number of halogens is 2. The standard InChI is InChI=1S/C18H22F2N2O4S/c1-5-25-12-8-10(6-7-11(12)26-17(19)20)15-13(16(23)24-4)14(9(2)3)21-18(27)22-15/h6-9,15,17H,5H2,1-4H3,(H2,21,22,27)/t15-/m0/s1. The van der Waals surface area contributed by atoms with Crippen LogP contribution in [-0.2, 0) is 9.53 Å². The van der Waals surface area contributed by atoms with Gasteiger partial charge in [-0.2, -0.15) is 8.78 Å². The molecule has 1 aliphatic rings. The Morgan fingerprint density at radius 1 is 1.30 bits per heavy atom. The lowest BCUT2D eigenvalue weighted by molar-refractivity contribution is -0.136. The molecular formula is C18H22F2N2O4S. The number of hydrogen-bond acceptors (Lipinski definition) is 5. The molecule has 0 unspecified atom stereocenters. The Labute approximate surface area is 161 Å². The first-order valence-electron chi connectivity index (χ1n) is 8.39. The van der Waals surface area contributed by atoms with Crippen LogP contribution in [0.25, 0.3) is 0 Å². The van der Waals surface area contributed by atoms with E-state index in [0.717, 1.165) is 0 Å². The van der Waals surface area contributed by atoms with Gasteiger partial charge in [0.1, 0.15) is 0 Å². The second kappa shape index (κ2) is 8.98. The molecule has 0 aromatic heterocycles. The molecule has 0 saturated carbocycles. The molecule has 0 aliphatic carbocycles. The molecule has 1 aliphatic heterocycles. The van der Waals surface area contributed by atoms with Gasteiger partial charge in [0.15, 0.2) is 16.6 Å². The van der Waals surface area contributed by atoms with Crippen LogP contribution in [0.1, 0.15) is 32.4 Å². The maximum absolute atomic E-state index is 12.6. The molecule has 2 rings (SSSR count). The Kier molecular flexibility index (Phi) is 6.95. The SMILES string of the molecule is CCOc1cc([C@@H]2NC(=S)NC(C(C)C)=C2C(=O)OC)ccc1OC(F)F. The van der Waals surface area contributed by atoms with Crippen LogP contribution in [0.4, 0.5) is 8.78 Å². The highest BCUT2D eigenvalue weighted by Gasteiger charge is 2.33. The normalized spacial score (nSPS) is 16.9. The first-order valence-corrected chi connectivity index (χ1v) is 8.80. The molecule has 1 aromatic rings. The second-order valence-corrected chi connectivity index (χ2v) is 6.43. The van der Waals surface area contributed by atoms with Crippen LogP contribution in [0.3, 0.4) is 0 Å². The number of ether oxygens (including phenoxy) is 3. The summed E-state index contributed by atoms with van der Waals surface area (Å²) in [4.78, 5) is 12.4. The van der Waals surface area contributed by atoms with E-state index in [1.807, 2.05) is 13.8 Å². The molecule has 0 radical (unpaired) electrons. The van der Waals surface area contributed by atoms with Crippen LogP contribution >= 0.6 is 12.2 Å². The highest BCUT2D eigenvalue weighted by atomic mass is 32.1. The zero-order chi connectivity index (χ0) is 20.1. The zero-order valence-electron chi connectivity index (χ0n) is 15.5. The molecule has 1 heterocycles. The Morgan fingerprint density at radius 2 is 2.00 bits per heavy atom. The van der Waals surface area contributed by atoms with Crippen LogP contribution in [0.15, 0.2) is 29.5 Å². The van der Waals surface area contributed by atoms with Gasteiger partial charge in [-0.25, -0.2) is 4.79 Å². The molecule has 1 atom stereocenters. The van der Waals surface area contributed by atoms with Gasteiger partial charge in [-0.1, -0.05) is 19.9 Å². The summed E-state index contributed by atoms with van der Waals surface area (Å²) in [7, 11) is 1.29. The fraction of sp³-hybridized carbons (Fsp3) is 0.444. The molecule has 0 spiro atoms. The number of allylic oxidation sites excluding steroid dienone is 1. The zero-order valence-corrected chi connectivity index (χ0v) is 16.3. The van der Waals surface area contributed by atoms with Crippen LogP contribution in [-0.4, -0.2) is 31.4 Å². The molecule has 6 nitrogen and oxygen atoms in total. The van der Waals surface area contributed by atoms with Crippen molar-refractivity contribution < 1.29 is 27.8 Å². The molecular weight excluding hydrogens is 378 g/mol. The van der Waals surface area contributed by atoms with E-state index in [0.29, 0.717) is 21.9 Å². The molecule has 0 fully saturated rings. The summed E-state index contributed by atoms with van der Waals surface area (Å²) in [6.07, 6.45) is 0. The first-order chi connectivity index (χ1) is 12.8. The van der Waals surface area contributed by atoms with E-state index in [2.05, 4.69) is 15.4 Å². The Balaban J connectivity index is 2.55. The second-order valence-electron chi connectivity index (χ2n) is 6.02. The summed E-state index contributed by atoms with van der Waals surface area (Å²) >= 11 is 5.26. The maximum atomic E-state index is 12.6. The monoisotopic (exact) mass is 400 g/mol. The van der Waals surface area contributed by atoms with E-state index in [1.165, 1.54) is 13.2 Å². The van der Waals surface area contributed by atoms with E-state index in [-0.39, 0.29) is 24.0 Å². The van der Waals surface area contributed by atoms with Gasteiger partial charge >= 0.3 is 12.6 Å². The lowest BCUT2D eigenvalue weighted by Gasteiger charge is -2.32. The summed E-state index contributed by atoms with van der Waals surface area (Å²) in [5.74, 6) is -0.469. The minimum absolute atomic E-state index is 0.0190. The van der Waals surface area contributed by atoms with Crippen LogP contribution in [0.5, 0.6) is 11.5 Å². The first kappa shape index (κ1) is 20.9. The van der Waals surface area contributed by atoms with Crippen LogP contribution in [0, 0.1) is 5.92 Å². The molecule has 148 valence electrons. The number of alkyl halides is 2. The van der Waals surface area contributed by atoms with Gasteiger partial charge in [0.2, 0.25) is 0 Å². The summed E-state index contributed by atoms with van der Waals surface area (Å²) in [5, 5.41) is 6.38. The van der Waals surface area contributed by atoms with Crippen molar-refractivity contribution in [2.75, 3.05) is 13.7 Å². The smallest absolute Gasteiger partial charge is 0.387 e. The summed E-state index contributed by atoms with van der Waals surface area (Å²) in [6.45, 7) is 2.85. The number of rotatable bonds is 7. The van der Waals surface area contributed by atoms with E-state index in [1.54, 1.807) is 19.1 Å². The predicted octanol–water partition coefficient (Wildman–Crippen LogP) is 3.29. The van der Waals surface area contributed by atoms with Crippen molar-refractivity contribution in [3.05, 3.63) is 35.0 Å². The molecule has 2 N–H and O–H groups in total. The van der Waals surface area contributed by atoms with E-state index in [9.17, 15) is 13.6 Å². The van der Waals surface area contributed by atoms with Crippen molar-refractivity contribution >= 4 is 23.3 Å². The van der Waals surface area contributed by atoms with Gasteiger partial charge in [0, 0.05) is 5.70 Å². The largest absolute Gasteiger partial charge is 0.490 e. The molecule has 27 heavy (non-hydrogen) atoms. The Morgan fingerprint density at radius 3 is 2.56 bits per heavy atom. The Hall–Kier alpha value is -2.42. The topological polar surface area (TPSA) is 68.8 Å². The number of esters is 1. The average Bonchev–Trinajstić information content (AvgIpc) is 2.61. The van der Waals surface area contributed by atoms with Gasteiger partial charge in [-0.15, -0.1) is 0 Å². The van der Waals surface area contributed by atoms with Gasteiger partial charge in [0.05, 0.1) is 25.3 Å². The summed E-state index contributed by atoms with van der Waals surface area (Å²) < 4.78 is 40.1. The lowest BCUT2D eigenvalue weighted by Crippen LogP contribution is -2.46. The maximum Gasteiger partial charge on any atom is 0.387 e. The minimum Gasteiger partial charge on any atom is -0.490 e. The van der Waals surface area contributed by atoms with Gasteiger partial charge in [0.25, 0.3) is 0 Å². The van der Waals surface area contributed by atoms with Gasteiger partial charge < -0.3 is 24.8 Å². The van der Waals surface area contributed by atoms with Crippen molar-refractivity contribution in [3.8, 4) is 11.5 Å². The molecule has 0 amide bonds. The van der Waals surface area contributed by atoms with Gasteiger partial charge in [-0.3, -0.25) is 0 Å². The van der Waals surface area contributed by atoms with Crippen molar-refractivity contribution in [1.82, 2.24) is 10.6 Å². The Bertz CT molecular complexity index is 753. The van der Waals surface area contributed by atoms with Crippen molar-refractivity contribution in [3.63, 3.8) is 0 Å². The number of thiocarbonyl (C=S) groups is 1. The minimum atomic E-state index is -2.97. The number of nitrogens with one attached hydrogen (secondary N) is 2. The van der Waals surface area contributed by atoms with Crippen LogP contribution in [0.2, 0.25) is 0 Å². The molecule has 0 bridgehead atoms. The average molecular weight is 400 g/mol. The number of carbonyl (C=O) groups excluding carboxylic acids is 1. The molecule has 9 heteroatoms. The van der Waals surface area contributed by atoms with Crippen molar-refractivity contribution in [2.45, 2.75) is 33.4 Å². The van der Waals surface area contributed by atoms with E-state index >= 15 is 0 Å². The lowest BCUT2D eigenvalue weighted by atomic mass is 9.91. The highest BCUT2D eigenvalue weighted by Crippen LogP contribution is 2.36. The number of carbonyl (C=O) groups is 1. The van der Waals surface area contributed by atoms with Crippen molar-refractivity contribution in [2.24, 2.45) is 5.92 Å². The predicted molar refractivity (Wildman–Crippen MR) is 99.7 cm³/mol. The fourth-order valence-corrected chi connectivity index (χ4v) is 3.02. The third-order valence-electron chi connectivity index (χ3n) is 3.90. The third kappa shape index (κ3) is 4.85. The number of hydrogen-bond donors (Lipinski definition) is 2. The third-order valence-corrected chi connectivity index (χ3v) is 4.12. The summed E-state index contributed by atoms with van der Waals surface area (Å²) in [6, 6.07) is 3.88. The number of benzene rings is 1. The summed E-state index contributed by atoms with van der Waals surface area (Å²) in [5.41, 5.74) is 1.61. The van der Waals surface area contributed by atoms with Crippen molar-refractivity contribution in [1.29, 1.82) is 0 Å². The fourth-order valence-electron chi connectivity index (χ4n) is 2.79. The van der Waals surface area contributed by atoms with Crippen LogP contribution < -0.4 is 20.1 Å². The quantitative estimate of drug-likeness (QED) is 0.538. The van der Waals surface area contributed by atoms with E-state index < -0.39 is 18.6 Å². The number of methoxy groups -OCH3 is 1. The van der Waals surface area contributed by atoms with E-state index in [4.69, 9.17) is 21.7 Å². The molecule has 1 aromatic carbocycles.